The number of imidazole rings is 1. The number of aliphatic hydroxyl groups is 1. The van der Waals surface area contributed by atoms with E-state index in [1.54, 1.807) is 18.3 Å². The minimum atomic E-state index is -2.66. The molecule has 0 saturated heterocycles. The number of nitrogens with zero attached hydrogens (tertiary/aromatic N) is 3. The number of carbonyl (C=O) groups is 1. The van der Waals surface area contributed by atoms with E-state index in [2.05, 4.69) is 18.8 Å². The second-order valence-corrected chi connectivity index (χ2v) is 11.9. The van der Waals surface area contributed by atoms with Crippen LogP contribution in [0.2, 0.25) is 0 Å². The van der Waals surface area contributed by atoms with Crippen LogP contribution < -0.4 is 4.74 Å². The van der Waals surface area contributed by atoms with Crippen molar-refractivity contribution in [2.75, 3.05) is 13.2 Å². The summed E-state index contributed by atoms with van der Waals surface area (Å²) in [5.74, 6) is 0.778. The molecule has 8 nitrogen and oxygen atoms in total. The molecule has 0 aliphatic rings. The number of halogens is 1. The third-order valence-corrected chi connectivity index (χ3v) is 7.07. The molecule has 36 heavy (non-hydrogen) atoms. The summed E-state index contributed by atoms with van der Waals surface area (Å²) in [6.07, 6.45) is 3.18. The van der Waals surface area contributed by atoms with Gasteiger partial charge in [-0.05, 0) is 30.0 Å². The van der Waals surface area contributed by atoms with Crippen molar-refractivity contribution < 1.29 is 27.8 Å². The van der Waals surface area contributed by atoms with Gasteiger partial charge < -0.3 is 14.4 Å². The molecule has 0 bridgehead atoms. The first kappa shape index (κ1) is 28.0. The van der Waals surface area contributed by atoms with Crippen LogP contribution in [0.5, 0.6) is 5.06 Å². The van der Waals surface area contributed by atoms with Gasteiger partial charge in [0.1, 0.15) is 11.6 Å². The van der Waals surface area contributed by atoms with E-state index in [-0.39, 0.29) is 17.0 Å². The Morgan fingerprint density at radius 1 is 1.31 bits per heavy atom. The number of amides is 1. The Bertz CT molecular complexity index is 1230. The molecule has 0 aliphatic carbocycles. The number of rotatable bonds is 9. The highest BCUT2D eigenvalue weighted by atomic mass is 32.2. The van der Waals surface area contributed by atoms with Gasteiger partial charge in [0.2, 0.25) is 0 Å². The maximum absolute atomic E-state index is 15.3. The van der Waals surface area contributed by atoms with E-state index in [1.165, 1.54) is 17.4 Å². The number of hydrogen-bond donors (Lipinski definition) is 2. The summed E-state index contributed by atoms with van der Waals surface area (Å²) < 4.78 is 44.0. The van der Waals surface area contributed by atoms with Crippen molar-refractivity contribution in [3.8, 4) is 16.2 Å². The molecule has 3 aromatic rings. The van der Waals surface area contributed by atoms with Crippen molar-refractivity contribution in [2.24, 2.45) is 5.92 Å². The third kappa shape index (κ3) is 6.78. The second-order valence-electron chi connectivity index (χ2n) is 9.87. The lowest BCUT2D eigenvalue weighted by Crippen LogP contribution is -2.36. The van der Waals surface area contributed by atoms with E-state index in [4.69, 9.17) is 9.84 Å². The minimum absolute atomic E-state index is 0.190. The average molecular weight is 538 g/mol. The highest BCUT2D eigenvalue weighted by Gasteiger charge is 2.25. The Morgan fingerprint density at radius 2 is 2.03 bits per heavy atom. The van der Waals surface area contributed by atoms with Crippen molar-refractivity contribution >= 4 is 28.7 Å². The fourth-order valence-corrected chi connectivity index (χ4v) is 5.40. The van der Waals surface area contributed by atoms with Gasteiger partial charge >= 0.3 is 6.09 Å². The number of benzene rings is 1. The lowest BCUT2D eigenvalue weighted by molar-refractivity contribution is 0.170. The predicted octanol–water partition coefficient (Wildman–Crippen LogP) is 5.22. The van der Waals surface area contributed by atoms with Crippen LogP contribution in [-0.2, 0) is 29.6 Å². The first-order chi connectivity index (χ1) is 16.9. The Labute approximate surface area is 217 Å². The molecule has 11 heteroatoms. The maximum atomic E-state index is 15.3. The normalized spacial score (nSPS) is 12.7. The molecule has 0 saturated carbocycles. The van der Waals surface area contributed by atoms with Crippen LogP contribution in [0.15, 0.2) is 36.7 Å². The van der Waals surface area contributed by atoms with Crippen molar-refractivity contribution in [2.45, 2.75) is 53.0 Å². The van der Waals surface area contributed by atoms with Gasteiger partial charge in [-0.3, -0.25) is 4.55 Å². The molecular formula is C25H32FN3O5S2. The molecule has 1 unspecified atom stereocenters. The lowest BCUT2D eigenvalue weighted by Gasteiger charge is -2.20. The van der Waals surface area contributed by atoms with Gasteiger partial charge in [0.05, 0.1) is 19.7 Å². The van der Waals surface area contributed by atoms with Crippen molar-refractivity contribution in [1.29, 1.82) is 0 Å². The smallest absolute Gasteiger partial charge is 0.398 e. The van der Waals surface area contributed by atoms with E-state index in [0.717, 1.165) is 17.1 Å². The van der Waals surface area contributed by atoms with Crippen LogP contribution in [0.4, 0.5) is 9.18 Å². The van der Waals surface area contributed by atoms with Crippen molar-refractivity contribution in [3.63, 3.8) is 0 Å². The number of thiophene rings is 1. The molecule has 1 atom stereocenters. The summed E-state index contributed by atoms with van der Waals surface area (Å²) in [5.41, 5.74) is 1.33. The molecule has 0 fully saturated rings. The van der Waals surface area contributed by atoms with E-state index in [9.17, 15) is 13.6 Å². The Balaban J connectivity index is 1.94. The monoisotopic (exact) mass is 537 g/mol. The highest BCUT2D eigenvalue weighted by molar-refractivity contribution is 7.77. The van der Waals surface area contributed by atoms with Crippen molar-refractivity contribution in [1.82, 2.24) is 13.9 Å². The minimum Gasteiger partial charge on any atom is -0.398 e. The topological polar surface area (TPSA) is 105 Å². The van der Waals surface area contributed by atoms with E-state index >= 15 is 4.39 Å². The zero-order valence-electron chi connectivity index (χ0n) is 21.0. The number of aromatic nitrogens is 2. The van der Waals surface area contributed by atoms with Gasteiger partial charge in [-0.25, -0.2) is 22.7 Å². The first-order valence-electron chi connectivity index (χ1n) is 11.5. The summed E-state index contributed by atoms with van der Waals surface area (Å²) in [6, 6.07) is 6.71. The predicted molar refractivity (Wildman–Crippen MR) is 139 cm³/mol. The molecule has 0 spiro atoms. The van der Waals surface area contributed by atoms with Crippen LogP contribution in [0.3, 0.4) is 0 Å². The zero-order chi connectivity index (χ0) is 26.6. The highest BCUT2D eigenvalue weighted by Crippen LogP contribution is 2.40. The van der Waals surface area contributed by atoms with Crippen molar-refractivity contribution in [3.05, 3.63) is 58.7 Å². The zero-order valence-corrected chi connectivity index (χ0v) is 22.7. The molecule has 0 radical (unpaired) electrons. The first-order valence-corrected chi connectivity index (χ1v) is 13.4. The summed E-state index contributed by atoms with van der Waals surface area (Å²) in [7, 11) is 0. The molecule has 2 heterocycles. The largest absolute Gasteiger partial charge is 0.429 e. The molecule has 3 rings (SSSR count). The fraction of sp³-hybridized carbons (Fsp3) is 0.440. The molecule has 1 aromatic carbocycles. The number of aliphatic hydroxyl groups excluding tert-OH is 1. The van der Waals surface area contributed by atoms with E-state index < -0.39 is 29.8 Å². The number of carbonyl (C=O) groups excluding carboxylic acids is 1. The van der Waals surface area contributed by atoms with Crippen LogP contribution in [0, 0.1) is 11.7 Å². The second kappa shape index (κ2) is 11.6. The average Bonchev–Trinajstić information content (AvgIpc) is 3.39. The number of ether oxygens (including phenoxy) is 1. The van der Waals surface area contributed by atoms with Crippen LogP contribution >= 0.6 is 11.3 Å². The van der Waals surface area contributed by atoms with E-state index in [1.807, 2.05) is 37.6 Å². The SMILES string of the molecule is CC(C)Cc1cc(-c2ccc(Cn3ccnc3C(C)(C)C)c(F)c2)c(OC(=O)N(CCO)S(=O)O)s1. The van der Waals surface area contributed by atoms with Crippen LogP contribution in [-0.4, -0.2) is 47.0 Å². The quantitative estimate of drug-likeness (QED) is 0.363. The Morgan fingerprint density at radius 3 is 2.61 bits per heavy atom. The van der Waals surface area contributed by atoms with Gasteiger partial charge in [0.15, 0.2) is 5.06 Å². The molecule has 0 aliphatic heterocycles. The summed E-state index contributed by atoms with van der Waals surface area (Å²) in [5, 5.41) is 9.30. The Hall–Kier alpha value is -2.60. The van der Waals surface area contributed by atoms with Gasteiger partial charge in [-0.15, -0.1) is 11.3 Å². The van der Waals surface area contributed by atoms with Gasteiger partial charge in [-0.1, -0.05) is 46.8 Å². The van der Waals surface area contributed by atoms with E-state index in [0.29, 0.717) is 33.5 Å². The third-order valence-electron chi connectivity index (χ3n) is 5.32. The van der Waals surface area contributed by atoms with Gasteiger partial charge in [0, 0.05) is 33.8 Å². The lowest BCUT2D eigenvalue weighted by atomic mass is 9.95. The standard InChI is InChI=1S/C25H32FN3O5S2/c1-16(2)12-19-14-20(22(35-19)34-24(31)29(10-11-30)36(32)33)17-6-7-18(21(26)13-17)15-28-9-8-27-23(28)25(3,4)5/h6-9,13-14,16,30H,10-12,15H2,1-5H3,(H,32,33). The molecule has 2 aromatic heterocycles. The molecule has 1 amide bonds. The summed E-state index contributed by atoms with van der Waals surface area (Å²) in [6.45, 7) is 9.71. The summed E-state index contributed by atoms with van der Waals surface area (Å²) >= 11 is -1.43. The fourth-order valence-electron chi connectivity index (χ4n) is 3.77. The van der Waals surface area contributed by atoms with Crippen LogP contribution in [0.1, 0.15) is 50.9 Å². The maximum Gasteiger partial charge on any atom is 0.429 e. The van der Waals surface area contributed by atoms with Gasteiger partial charge in [0.25, 0.3) is 11.3 Å². The number of hydrogen-bond acceptors (Lipinski definition) is 6. The summed E-state index contributed by atoms with van der Waals surface area (Å²) in [4.78, 5) is 17.9. The van der Waals surface area contributed by atoms with Crippen LogP contribution in [0.25, 0.3) is 11.1 Å². The molecule has 196 valence electrons. The Kier molecular flexibility index (Phi) is 9.04. The molecule has 2 N–H and O–H groups in total. The molecular weight excluding hydrogens is 505 g/mol. The van der Waals surface area contributed by atoms with Gasteiger partial charge in [-0.2, -0.15) is 0 Å².